The molecule has 1 heterocycles. The minimum atomic E-state index is -0.120. The molecule has 0 bridgehead atoms. The maximum absolute atomic E-state index is 12.0. The molecule has 21 heavy (non-hydrogen) atoms. The molecule has 1 aromatic carbocycles. The smallest absolute Gasteiger partial charge is 0.246 e. The molecule has 108 valence electrons. The first-order valence-corrected chi connectivity index (χ1v) is 7.54. The van der Waals surface area contributed by atoms with Crippen LogP contribution < -0.4 is 5.32 Å². The number of benzene rings is 1. The van der Waals surface area contributed by atoms with E-state index in [0.29, 0.717) is 6.42 Å². The molecule has 1 aromatic heterocycles. The standard InChI is InChI=1S/C15H15IN4O/c1-10-15(16)11(2)20(19-10)9-14(21)18-13-5-3-12(4-6-13)7-8-17/h3-6H,7,9H2,1-2H3,(H,18,21). The number of halogens is 1. The van der Waals surface area contributed by atoms with Crippen LogP contribution >= 0.6 is 22.6 Å². The van der Waals surface area contributed by atoms with Crippen LogP contribution in [0.3, 0.4) is 0 Å². The number of hydrogen-bond donors (Lipinski definition) is 1. The van der Waals surface area contributed by atoms with Gasteiger partial charge in [-0.15, -0.1) is 0 Å². The van der Waals surface area contributed by atoms with Crippen molar-refractivity contribution in [2.24, 2.45) is 0 Å². The highest BCUT2D eigenvalue weighted by Crippen LogP contribution is 2.15. The summed E-state index contributed by atoms with van der Waals surface area (Å²) in [6, 6.07) is 9.37. The van der Waals surface area contributed by atoms with Gasteiger partial charge in [-0.3, -0.25) is 9.48 Å². The fraction of sp³-hybridized carbons (Fsp3) is 0.267. The fourth-order valence-corrected chi connectivity index (χ4v) is 2.35. The maximum atomic E-state index is 12.0. The monoisotopic (exact) mass is 394 g/mol. The van der Waals surface area contributed by atoms with Gasteiger partial charge in [-0.25, -0.2) is 0 Å². The summed E-state index contributed by atoms with van der Waals surface area (Å²) in [5.74, 6) is -0.120. The molecule has 1 N–H and O–H groups in total. The molecular formula is C15H15IN4O. The van der Waals surface area contributed by atoms with E-state index in [0.717, 1.165) is 26.2 Å². The molecule has 0 radical (unpaired) electrons. The molecule has 6 heteroatoms. The lowest BCUT2D eigenvalue weighted by Crippen LogP contribution is -2.20. The molecule has 1 amide bonds. The van der Waals surface area contributed by atoms with E-state index in [2.05, 4.69) is 39.1 Å². The quantitative estimate of drug-likeness (QED) is 0.811. The van der Waals surface area contributed by atoms with Crippen LogP contribution in [0.1, 0.15) is 17.0 Å². The van der Waals surface area contributed by atoms with Gasteiger partial charge in [0.15, 0.2) is 0 Å². The van der Waals surface area contributed by atoms with Gasteiger partial charge in [-0.2, -0.15) is 10.4 Å². The van der Waals surface area contributed by atoms with Gasteiger partial charge in [0.2, 0.25) is 5.91 Å². The summed E-state index contributed by atoms with van der Waals surface area (Å²) < 4.78 is 2.79. The number of aromatic nitrogens is 2. The van der Waals surface area contributed by atoms with Crippen molar-refractivity contribution in [3.63, 3.8) is 0 Å². The summed E-state index contributed by atoms with van der Waals surface area (Å²) in [5, 5.41) is 15.8. The third kappa shape index (κ3) is 3.82. The predicted octanol–water partition coefficient (Wildman–Crippen LogP) is 2.81. The second-order valence-electron chi connectivity index (χ2n) is 4.72. The first-order chi connectivity index (χ1) is 10.0. The van der Waals surface area contributed by atoms with Gasteiger partial charge in [-0.1, -0.05) is 12.1 Å². The number of nitrogens with zero attached hydrogens (tertiary/aromatic N) is 3. The van der Waals surface area contributed by atoms with Crippen LogP contribution in [0.4, 0.5) is 5.69 Å². The van der Waals surface area contributed by atoms with E-state index in [4.69, 9.17) is 5.26 Å². The van der Waals surface area contributed by atoms with Gasteiger partial charge in [0.05, 0.1) is 21.8 Å². The SMILES string of the molecule is Cc1nn(CC(=O)Nc2ccc(CC#N)cc2)c(C)c1I. The third-order valence-electron chi connectivity index (χ3n) is 3.11. The van der Waals surface area contributed by atoms with Crippen LogP contribution in [0.15, 0.2) is 24.3 Å². The minimum Gasteiger partial charge on any atom is -0.324 e. The number of aryl methyl sites for hydroxylation is 1. The molecule has 0 aliphatic rings. The van der Waals surface area contributed by atoms with Crippen molar-refractivity contribution < 1.29 is 4.79 Å². The van der Waals surface area contributed by atoms with Gasteiger partial charge < -0.3 is 5.32 Å². The number of nitriles is 1. The topological polar surface area (TPSA) is 70.7 Å². The minimum absolute atomic E-state index is 0.120. The Morgan fingerprint density at radius 1 is 1.38 bits per heavy atom. The summed E-state index contributed by atoms with van der Waals surface area (Å²) in [5.41, 5.74) is 3.58. The molecule has 2 aromatic rings. The van der Waals surface area contributed by atoms with Crippen LogP contribution in [-0.4, -0.2) is 15.7 Å². The molecule has 0 aliphatic heterocycles. The van der Waals surface area contributed by atoms with Crippen LogP contribution in [0, 0.1) is 28.7 Å². The van der Waals surface area contributed by atoms with Gasteiger partial charge in [0, 0.05) is 11.4 Å². The number of carbonyl (C=O) groups is 1. The van der Waals surface area contributed by atoms with Crippen LogP contribution in [-0.2, 0) is 17.8 Å². The van der Waals surface area contributed by atoms with Crippen molar-refractivity contribution in [1.29, 1.82) is 5.26 Å². The Kier molecular flexibility index (Phi) is 4.96. The number of carbonyl (C=O) groups excluding carboxylic acids is 1. The zero-order valence-corrected chi connectivity index (χ0v) is 14.0. The molecule has 0 saturated carbocycles. The number of hydrogen-bond acceptors (Lipinski definition) is 3. The Labute approximate surface area is 137 Å². The predicted molar refractivity (Wildman–Crippen MR) is 88.8 cm³/mol. The third-order valence-corrected chi connectivity index (χ3v) is 4.67. The van der Waals surface area contributed by atoms with Crippen molar-refractivity contribution in [2.75, 3.05) is 5.32 Å². The molecule has 0 spiro atoms. The largest absolute Gasteiger partial charge is 0.324 e. The van der Waals surface area contributed by atoms with Crippen molar-refractivity contribution in [1.82, 2.24) is 9.78 Å². The normalized spacial score (nSPS) is 10.2. The second kappa shape index (κ2) is 6.72. The number of amides is 1. The molecule has 0 unspecified atom stereocenters. The molecule has 0 aliphatic carbocycles. The van der Waals surface area contributed by atoms with Crippen LogP contribution in [0.25, 0.3) is 0 Å². The molecular weight excluding hydrogens is 379 g/mol. The number of nitrogens with one attached hydrogen (secondary N) is 1. The lowest BCUT2D eigenvalue weighted by molar-refractivity contribution is -0.116. The molecule has 5 nitrogen and oxygen atoms in total. The van der Waals surface area contributed by atoms with E-state index in [9.17, 15) is 4.79 Å². The fourth-order valence-electron chi connectivity index (χ4n) is 1.96. The lowest BCUT2D eigenvalue weighted by Gasteiger charge is -2.07. The zero-order chi connectivity index (χ0) is 15.4. The van der Waals surface area contributed by atoms with Crippen molar-refractivity contribution in [3.8, 4) is 6.07 Å². The van der Waals surface area contributed by atoms with Gasteiger partial charge in [0.25, 0.3) is 0 Å². The maximum Gasteiger partial charge on any atom is 0.246 e. The van der Waals surface area contributed by atoms with Gasteiger partial charge in [0.1, 0.15) is 6.54 Å². The summed E-state index contributed by atoms with van der Waals surface area (Å²) in [4.78, 5) is 12.0. The Hall–Kier alpha value is -1.88. The van der Waals surface area contributed by atoms with E-state index in [-0.39, 0.29) is 12.5 Å². The molecule has 2 rings (SSSR count). The van der Waals surface area contributed by atoms with Crippen molar-refractivity contribution >= 4 is 34.2 Å². The van der Waals surface area contributed by atoms with Gasteiger partial charge in [-0.05, 0) is 54.1 Å². The van der Waals surface area contributed by atoms with E-state index >= 15 is 0 Å². The zero-order valence-electron chi connectivity index (χ0n) is 11.9. The van der Waals surface area contributed by atoms with E-state index in [1.165, 1.54) is 0 Å². The first-order valence-electron chi connectivity index (χ1n) is 6.46. The van der Waals surface area contributed by atoms with Crippen LogP contribution in [0.5, 0.6) is 0 Å². The average molecular weight is 394 g/mol. The number of rotatable bonds is 4. The lowest BCUT2D eigenvalue weighted by atomic mass is 10.1. The molecule has 0 fully saturated rings. The molecule has 0 atom stereocenters. The summed E-state index contributed by atoms with van der Waals surface area (Å²) >= 11 is 2.23. The van der Waals surface area contributed by atoms with E-state index in [1.807, 2.05) is 26.0 Å². The Bertz CT molecular complexity index is 698. The Morgan fingerprint density at radius 3 is 2.57 bits per heavy atom. The van der Waals surface area contributed by atoms with Crippen molar-refractivity contribution in [2.45, 2.75) is 26.8 Å². The highest BCUT2D eigenvalue weighted by Gasteiger charge is 2.11. The summed E-state index contributed by atoms with van der Waals surface area (Å²) in [6.07, 6.45) is 0.373. The van der Waals surface area contributed by atoms with E-state index < -0.39 is 0 Å². The number of anilines is 1. The molecule has 0 saturated heterocycles. The highest BCUT2D eigenvalue weighted by molar-refractivity contribution is 14.1. The summed E-state index contributed by atoms with van der Waals surface area (Å²) in [7, 11) is 0. The Morgan fingerprint density at radius 2 is 2.05 bits per heavy atom. The van der Waals surface area contributed by atoms with E-state index in [1.54, 1.807) is 16.8 Å². The summed E-state index contributed by atoms with van der Waals surface area (Å²) in [6.45, 7) is 4.07. The average Bonchev–Trinajstić information content (AvgIpc) is 2.69. The second-order valence-corrected chi connectivity index (χ2v) is 5.80. The Balaban J connectivity index is 2.01. The van der Waals surface area contributed by atoms with Crippen LogP contribution in [0.2, 0.25) is 0 Å². The highest BCUT2D eigenvalue weighted by atomic mass is 127. The first kappa shape index (κ1) is 15.5. The van der Waals surface area contributed by atoms with Crippen molar-refractivity contribution in [3.05, 3.63) is 44.8 Å². The van der Waals surface area contributed by atoms with Gasteiger partial charge >= 0.3 is 0 Å².